The Kier molecular flexibility index (Phi) is 5.29. The summed E-state index contributed by atoms with van der Waals surface area (Å²) in [6, 6.07) is 12.0. The maximum Gasteiger partial charge on any atom is 0.254 e. The highest BCUT2D eigenvalue weighted by Gasteiger charge is 2.47. The quantitative estimate of drug-likeness (QED) is 0.643. The van der Waals surface area contributed by atoms with Crippen molar-refractivity contribution in [2.24, 2.45) is 0 Å². The summed E-state index contributed by atoms with van der Waals surface area (Å²) in [5, 5.41) is 18.4. The van der Waals surface area contributed by atoms with E-state index in [0.717, 1.165) is 11.1 Å². The third kappa shape index (κ3) is 3.69. The van der Waals surface area contributed by atoms with Crippen LogP contribution in [-0.2, 0) is 12.3 Å². The average molecular weight is 439 g/mol. The number of nitrogens with one attached hydrogen (secondary N) is 1. The van der Waals surface area contributed by atoms with Crippen molar-refractivity contribution in [3.63, 3.8) is 0 Å². The van der Waals surface area contributed by atoms with Crippen LogP contribution in [0.2, 0.25) is 5.15 Å². The van der Waals surface area contributed by atoms with Gasteiger partial charge in [-0.2, -0.15) is 5.26 Å². The predicted molar refractivity (Wildman–Crippen MR) is 114 cm³/mol. The average Bonchev–Trinajstić information content (AvgIpc) is 3.11. The molecule has 0 aliphatic carbocycles. The third-order valence-corrected chi connectivity index (χ3v) is 5.90. The molecular weight excluding hydrogens is 419 g/mol. The van der Waals surface area contributed by atoms with Crippen molar-refractivity contribution in [2.75, 3.05) is 13.1 Å². The molecule has 1 saturated heterocycles. The molecule has 1 aliphatic heterocycles. The van der Waals surface area contributed by atoms with Crippen LogP contribution in [-0.4, -0.2) is 39.0 Å². The summed E-state index contributed by atoms with van der Waals surface area (Å²) in [4.78, 5) is 21.6. The minimum absolute atomic E-state index is 0.0557. The van der Waals surface area contributed by atoms with Crippen molar-refractivity contribution >= 4 is 17.5 Å². The number of aromatic nitrogens is 2. The van der Waals surface area contributed by atoms with Crippen molar-refractivity contribution in [3.8, 4) is 17.3 Å². The number of hydrogen-bond acceptors (Lipinski definition) is 4. The Labute approximate surface area is 183 Å². The SMILES string of the molecule is Cc1cc(C)c(-c2[nH]c(CO)nc2Cl)cc1C(=O)N1CC(F)(c2ccc(C#N)cc2)C1. The van der Waals surface area contributed by atoms with Gasteiger partial charge in [0, 0.05) is 11.1 Å². The van der Waals surface area contributed by atoms with Crippen LogP contribution in [0.3, 0.4) is 0 Å². The number of aryl methyl sites for hydroxylation is 2. The Morgan fingerprint density at radius 1 is 1.29 bits per heavy atom. The molecule has 0 saturated carbocycles. The number of carbonyl (C=O) groups is 1. The van der Waals surface area contributed by atoms with E-state index < -0.39 is 5.67 Å². The molecule has 0 bridgehead atoms. The molecule has 158 valence electrons. The van der Waals surface area contributed by atoms with Gasteiger partial charge in [-0.1, -0.05) is 29.8 Å². The normalized spacial score (nSPS) is 14.8. The van der Waals surface area contributed by atoms with E-state index in [2.05, 4.69) is 9.97 Å². The molecule has 3 aromatic rings. The summed E-state index contributed by atoms with van der Waals surface area (Å²) >= 11 is 6.21. The Balaban J connectivity index is 1.59. The lowest BCUT2D eigenvalue weighted by molar-refractivity contribution is -0.0231. The molecular formula is C23H20ClFN4O2. The van der Waals surface area contributed by atoms with E-state index in [1.807, 2.05) is 26.0 Å². The summed E-state index contributed by atoms with van der Waals surface area (Å²) in [5.41, 5.74) is 2.64. The second-order valence-electron chi connectivity index (χ2n) is 7.81. The monoisotopic (exact) mass is 438 g/mol. The van der Waals surface area contributed by atoms with Gasteiger partial charge >= 0.3 is 0 Å². The number of hydrogen-bond donors (Lipinski definition) is 2. The van der Waals surface area contributed by atoms with Gasteiger partial charge in [0.05, 0.1) is 30.4 Å². The fraction of sp³-hybridized carbons (Fsp3) is 0.261. The molecule has 31 heavy (non-hydrogen) atoms. The van der Waals surface area contributed by atoms with Crippen LogP contribution in [0.5, 0.6) is 0 Å². The van der Waals surface area contributed by atoms with Crippen molar-refractivity contribution in [2.45, 2.75) is 26.1 Å². The van der Waals surface area contributed by atoms with E-state index in [-0.39, 0.29) is 30.8 Å². The first-order valence-electron chi connectivity index (χ1n) is 9.71. The molecule has 8 heteroatoms. The van der Waals surface area contributed by atoms with Crippen molar-refractivity contribution in [1.29, 1.82) is 5.26 Å². The predicted octanol–water partition coefficient (Wildman–Crippen LogP) is 4.03. The number of carbonyl (C=O) groups excluding carboxylic acids is 1. The van der Waals surface area contributed by atoms with E-state index in [1.165, 1.54) is 4.90 Å². The molecule has 2 N–H and O–H groups in total. The number of aliphatic hydroxyl groups excluding tert-OH is 1. The minimum atomic E-state index is -1.63. The number of nitriles is 1. The van der Waals surface area contributed by atoms with Gasteiger partial charge < -0.3 is 15.0 Å². The number of benzene rings is 2. The number of aliphatic hydroxyl groups is 1. The lowest BCUT2D eigenvalue weighted by Crippen LogP contribution is -2.58. The topological polar surface area (TPSA) is 93.0 Å². The number of imidazole rings is 1. The Bertz CT molecular complexity index is 1210. The summed E-state index contributed by atoms with van der Waals surface area (Å²) in [5.74, 6) is 0.0684. The smallest absolute Gasteiger partial charge is 0.254 e. The maximum absolute atomic E-state index is 15.3. The number of amides is 1. The van der Waals surface area contributed by atoms with Crippen LogP contribution < -0.4 is 0 Å². The van der Waals surface area contributed by atoms with Gasteiger partial charge in [0.15, 0.2) is 10.8 Å². The van der Waals surface area contributed by atoms with Crippen LogP contribution in [0.25, 0.3) is 11.3 Å². The van der Waals surface area contributed by atoms with E-state index in [0.29, 0.717) is 33.8 Å². The van der Waals surface area contributed by atoms with Gasteiger partial charge in [0.25, 0.3) is 5.91 Å². The molecule has 2 aromatic carbocycles. The molecule has 1 amide bonds. The van der Waals surface area contributed by atoms with Crippen molar-refractivity contribution < 1.29 is 14.3 Å². The number of rotatable bonds is 4. The van der Waals surface area contributed by atoms with Crippen LogP contribution in [0.15, 0.2) is 36.4 Å². The van der Waals surface area contributed by atoms with Gasteiger partial charge in [-0.05, 0) is 48.7 Å². The lowest BCUT2D eigenvalue weighted by atomic mass is 9.86. The number of nitrogens with zero attached hydrogens (tertiary/aromatic N) is 3. The summed E-state index contributed by atoms with van der Waals surface area (Å²) in [6.45, 7) is 3.34. The van der Waals surface area contributed by atoms with Gasteiger partial charge in [-0.3, -0.25) is 4.79 Å². The first-order chi connectivity index (χ1) is 14.8. The van der Waals surface area contributed by atoms with Crippen molar-refractivity contribution in [1.82, 2.24) is 14.9 Å². The lowest BCUT2D eigenvalue weighted by Gasteiger charge is -2.45. The first kappa shape index (κ1) is 21.0. The molecule has 0 spiro atoms. The molecule has 4 rings (SSSR count). The highest BCUT2D eigenvalue weighted by molar-refractivity contribution is 6.32. The largest absolute Gasteiger partial charge is 0.388 e. The van der Waals surface area contributed by atoms with E-state index in [1.54, 1.807) is 30.3 Å². The number of alkyl halides is 1. The maximum atomic E-state index is 15.3. The van der Waals surface area contributed by atoms with Gasteiger partial charge in [0.2, 0.25) is 0 Å². The van der Waals surface area contributed by atoms with Gasteiger partial charge in [-0.25, -0.2) is 9.37 Å². The van der Waals surface area contributed by atoms with Gasteiger partial charge in [0.1, 0.15) is 12.4 Å². The zero-order valence-electron chi connectivity index (χ0n) is 17.0. The highest BCUT2D eigenvalue weighted by atomic mass is 35.5. The third-order valence-electron chi connectivity index (χ3n) is 5.63. The van der Waals surface area contributed by atoms with E-state index in [4.69, 9.17) is 16.9 Å². The van der Waals surface area contributed by atoms with E-state index >= 15 is 4.39 Å². The van der Waals surface area contributed by atoms with Crippen LogP contribution in [0.1, 0.15) is 38.4 Å². The first-order valence-corrected chi connectivity index (χ1v) is 10.1. The molecule has 6 nitrogen and oxygen atoms in total. The highest BCUT2D eigenvalue weighted by Crippen LogP contribution is 2.38. The number of H-pyrrole nitrogens is 1. The van der Waals surface area contributed by atoms with Crippen LogP contribution in [0.4, 0.5) is 4.39 Å². The molecule has 1 aromatic heterocycles. The Morgan fingerprint density at radius 2 is 1.97 bits per heavy atom. The zero-order valence-corrected chi connectivity index (χ0v) is 17.8. The molecule has 1 aliphatic rings. The Morgan fingerprint density at radius 3 is 2.55 bits per heavy atom. The molecule has 2 heterocycles. The molecule has 0 radical (unpaired) electrons. The van der Waals surface area contributed by atoms with E-state index in [9.17, 15) is 9.90 Å². The molecule has 0 atom stereocenters. The minimum Gasteiger partial charge on any atom is -0.388 e. The number of halogens is 2. The van der Waals surface area contributed by atoms with Crippen LogP contribution >= 0.6 is 11.6 Å². The second-order valence-corrected chi connectivity index (χ2v) is 8.16. The summed E-state index contributed by atoms with van der Waals surface area (Å²) < 4.78 is 15.3. The standard InChI is InChI=1S/C23H20ClFN4O2/c1-13-7-14(2)18(8-17(13)20-21(24)28-19(10-30)27-20)22(31)29-11-23(25,12-29)16-5-3-15(9-26)4-6-16/h3-8,30H,10-12H2,1-2H3,(H,27,28). The second kappa shape index (κ2) is 7.80. The number of aromatic amines is 1. The fourth-order valence-corrected chi connectivity index (χ4v) is 4.15. The molecule has 1 fully saturated rings. The van der Waals surface area contributed by atoms with Gasteiger partial charge in [-0.15, -0.1) is 0 Å². The Hall–Kier alpha value is -3.21. The van der Waals surface area contributed by atoms with Crippen molar-refractivity contribution in [3.05, 3.63) is 75.2 Å². The summed E-state index contributed by atoms with van der Waals surface area (Å²) in [7, 11) is 0. The zero-order chi connectivity index (χ0) is 22.3. The fourth-order valence-electron chi connectivity index (χ4n) is 3.90. The number of likely N-dealkylation sites (tertiary alicyclic amines) is 1. The molecule has 0 unspecified atom stereocenters. The summed E-state index contributed by atoms with van der Waals surface area (Å²) in [6.07, 6.45) is 0. The van der Waals surface area contributed by atoms with Crippen LogP contribution in [0, 0.1) is 25.2 Å².